The molecule has 1 unspecified atom stereocenters. The number of fused-ring (bicyclic) bond motifs is 1. The first-order valence-corrected chi connectivity index (χ1v) is 6.96. The predicted molar refractivity (Wildman–Crippen MR) is 82.8 cm³/mol. The molecule has 3 rings (SSSR count). The van der Waals surface area contributed by atoms with Gasteiger partial charge in [0.2, 0.25) is 0 Å². The van der Waals surface area contributed by atoms with Gasteiger partial charge >= 0.3 is 0 Å². The molecule has 2 N–H and O–H groups in total. The molecule has 3 heteroatoms. The second-order valence-electron chi connectivity index (χ2n) is 5.21. The lowest BCUT2D eigenvalue weighted by atomic mass is 10.0. The SMILES string of the molecule is Cc1cccc2nc(-c3ccccc3)c(C(C)CN)n12. The third-order valence-corrected chi connectivity index (χ3v) is 3.74. The van der Waals surface area contributed by atoms with E-state index in [1.165, 1.54) is 11.4 Å². The first-order valence-electron chi connectivity index (χ1n) is 6.96. The zero-order chi connectivity index (χ0) is 14.1. The Balaban J connectivity index is 2.34. The number of nitrogens with zero attached hydrogens (tertiary/aromatic N) is 2. The molecule has 0 aliphatic heterocycles. The van der Waals surface area contributed by atoms with Gasteiger partial charge in [-0.2, -0.15) is 0 Å². The highest BCUT2D eigenvalue weighted by molar-refractivity contribution is 5.67. The minimum Gasteiger partial charge on any atom is -0.330 e. The van der Waals surface area contributed by atoms with Gasteiger partial charge in [-0.3, -0.25) is 0 Å². The van der Waals surface area contributed by atoms with Crippen LogP contribution in [0.15, 0.2) is 48.5 Å². The summed E-state index contributed by atoms with van der Waals surface area (Å²) in [7, 11) is 0. The van der Waals surface area contributed by atoms with Crippen molar-refractivity contribution in [3.05, 3.63) is 59.9 Å². The van der Waals surface area contributed by atoms with Gasteiger partial charge in [-0.15, -0.1) is 0 Å². The van der Waals surface area contributed by atoms with Crippen LogP contribution in [0.3, 0.4) is 0 Å². The van der Waals surface area contributed by atoms with Crippen LogP contribution in [-0.2, 0) is 0 Å². The Hall–Kier alpha value is -2.13. The van der Waals surface area contributed by atoms with Crippen LogP contribution in [0.2, 0.25) is 0 Å². The van der Waals surface area contributed by atoms with Crippen molar-refractivity contribution in [3.8, 4) is 11.3 Å². The van der Waals surface area contributed by atoms with Crippen LogP contribution in [0.25, 0.3) is 16.9 Å². The van der Waals surface area contributed by atoms with E-state index in [4.69, 9.17) is 10.7 Å². The monoisotopic (exact) mass is 265 g/mol. The maximum Gasteiger partial charge on any atom is 0.137 e. The maximum atomic E-state index is 5.91. The molecular weight excluding hydrogens is 246 g/mol. The predicted octanol–water partition coefficient (Wildman–Crippen LogP) is 3.37. The Bertz CT molecular complexity index is 729. The smallest absolute Gasteiger partial charge is 0.137 e. The van der Waals surface area contributed by atoms with Gasteiger partial charge in [-0.1, -0.05) is 43.3 Å². The Kier molecular flexibility index (Phi) is 3.28. The van der Waals surface area contributed by atoms with Gasteiger partial charge in [0.1, 0.15) is 5.65 Å². The van der Waals surface area contributed by atoms with Crippen molar-refractivity contribution in [3.63, 3.8) is 0 Å². The van der Waals surface area contributed by atoms with Gasteiger partial charge in [0, 0.05) is 23.7 Å². The molecule has 3 nitrogen and oxygen atoms in total. The van der Waals surface area contributed by atoms with Gasteiger partial charge in [0.05, 0.1) is 11.4 Å². The van der Waals surface area contributed by atoms with E-state index in [0.29, 0.717) is 6.54 Å². The fourth-order valence-electron chi connectivity index (χ4n) is 2.66. The average Bonchev–Trinajstić information content (AvgIpc) is 2.88. The van der Waals surface area contributed by atoms with E-state index < -0.39 is 0 Å². The zero-order valence-corrected chi connectivity index (χ0v) is 11.9. The van der Waals surface area contributed by atoms with Crippen LogP contribution in [0.4, 0.5) is 0 Å². The molecule has 1 aromatic carbocycles. The Morgan fingerprint density at radius 1 is 1.10 bits per heavy atom. The molecule has 0 radical (unpaired) electrons. The van der Waals surface area contributed by atoms with Crippen molar-refractivity contribution in [2.24, 2.45) is 5.73 Å². The number of aromatic nitrogens is 2. The van der Waals surface area contributed by atoms with Gasteiger partial charge in [0.15, 0.2) is 0 Å². The van der Waals surface area contributed by atoms with E-state index in [1.807, 2.05) is 30.3 Å². The Morgan fingerprint density at radius 2 is 1.85 bits per heavy atom. The average molecular weight is 265 g/mol. The minimum atomic E-state index is 0.265. The van der Waals surface area contributed by atoms with Crippen molar-refractivity contribution in [1.82, 2.24) is 9.38 Å². The van der Waals surface area contributed by atoms with Crippen LogP contribution in [0, 0.1) is 6.92 Å². The van der Waals surface area contributed by atoms with Gasteiger partial charge in [-0.05, 0) is 19.1 Å². The quantitative estimate of drug-likeness (QED) is 0.789. The number of hydrogen-bond acceptors (Lipinski definition) is 2. The molecule has 102 valence electrons. The Labute approximate surface area is 119 Å². The number of aryl methyl sites for hydroxylation is 1. The zero-order valence-electron chi connectivity index (χ0n) is 11.9. The van der Waals surface area contributed by atoms with Crippen LogP contribution >= 0.6 is 0 Å². The minimum absolute atomic E-state index is 0.265. The molecule has 20 heavy (non-hydrogen) atoms. The molecule has 0 saturated carbocycles. The Morgan fingerprint density at radius 3 is 2.55 bits per heavy atom. The van der Waals surface area contributed by atoms with Crippen molar-refractivity contribution >= 4 is 5.65 Å². The molecule has 0 aliphatic rings. The van der Waals surface area contributed by atoms with Crippen molar-refractivity contribution in [1.29, 1.82) is 0 Å². The number of pyridine rings is 1. The number of imidazole rings is 1. The van der Waals surface area contributed by atoms with Crippen molar-refractivity contribution in [2.45, 2.75) is 19.8 Å². The van der Waals surface area contributed by atoms with E-state index in [0.717, 1.165) is 16.9 Å². The second kappa shape index (κ2) is 5.10. The third kappa shape index (κ3) is 2.00. The van der Waals surface area contributed by atoms with Crippen LogP contribution in [0.5, 0.6) is 0 Å². The van der Waals surface area contributed by atoms with Crippen LogP contribution in [-0.4, -0.2) is 15.9 Å². The number of hydrogen-bond donors (Lipinski definition) is 1. The first-order chi connectivity index (χ1) is 9.72. The maximum absolute atomic E-state index is 5.91. The molecule has 3 aromatic rings. The van der Waals surface area contributed by atoms with Gasteiger partial charge in [-0.25, -0.2) is 4.98 Å². The lowest BCUT2D eigenvalue weighted by Crippen LogP contribution is -2.12. The lowest BCUT2D eigenvalue weighted by molar-refractivity contribution is 0.733. The second-order valence-corrected chi connectivity index (χ2v) is 5.21. The van der Waals surface area contributed by atoms with E-state index in [9.17, 15) is 0 Å². The van der Waals surface area contributed by atoms with Crippen LogP contribution < -0.4 is 5.73 Å². The number of rotatable bonds is 3. The summed E-state index contributed by atoms with van der Waals surface area (Å²) >= 11 is 0. The summed E-state index contributed by atoms with van der Waals surface area (Å²) in [5.74, 6) is 0.265. The normalized spacial score (nSPS) is 12.8. The molecule has 0 fully saturated rings. The van der Waals surface area contributed by atoms with E-state index in [1.54, 1.807) is 0 Å². The van der Waals surface area contributed by atoms with Gasteiger partial charge in [0.25, 0.3) is 0 Å². The molecule has 2 aromatic heterocycles. The van der Waals surface area contributed by atoms with Gasteiger partial charge < -0.3 is 10.1 Å². The first kappa shape index (κ1) is 12.9. The number of benzene rings is 1. The third-order valence-electron chi connectivity index (χ3n) is 3.74. The molecule has 0 amide bonds. The lowest BCUT2D eigenvalue weighted by Gasteiger charge is -2.13. The molecule has 0 spiro atoms. The molecule has 2 heterocycles. The summed E-state index contributed by atoms with van der Waals surface area (Å²) in [5.41, 5.74) is 11.5. The topological polar surface area (TPSA) is 43.3 Å². The molecule has 0 bridgehead atoms. The van der Waals surface area contributed by atoms with E-state index in [2.05, 4.69) is 36.4 Å². The summed E-state index contributed by atoms with van der Waals surface area (Å²) in [6.45, 7) is 4.88. The molecule has 0 aliphatic carbocycles. The van der Waals surface area contributed by atoms with Crippen molar-refractivity contribution < 1.29 is 0 Å². The van der Waals surface area contributed by atoms with E-state index in [-0.39, 0.29) is 5.92 Å². The summed E-state index contributed by atoms with van der Waals surface area (Å²) in [4.78, 5) is 4.82. The van der Waals surface area contributed by atoms with Crippen LogP contribution in [0.1, 0.15) is 24.2 Å². The highest BCUT2D eigenvalue weighted by Gasteiger charge is 2.19. The molecule has 1 atom stereocenters. The molecular formula is C17H19N3. The number of nitrogens with two attached hydrogens (primary N) is 1. The fraction of sp³-hybridized carbons (Fsp3) is 0.235. The molecule has 0 saturated heterocycles. The summed E-state index contributed by atoms with van der Waals surface area (Å²) in [5, 5.41) is 0. The highest BCUT2D eigenvalue weighted by atomic mass is 15.0. The summed E-state index contributed by atoms with van der Waals surface area (Å²) in [6, 6.07) is 16.5. The van der Waals surface area contributed by atoms with E-state index >= 15 is 0 Å². The highest BCUT2D eigenvalue weighted by Crippen LogP contribution is 2.30. The largest absolute Gasteiger partial charge is 0.330 e. The fourth-order valence-corrected chi connectivity index (χ4v) is 2.66. The summed E-state index contributed by atoms with van der Waals surface area (Å²) < 4.78 is 2.22. The summed E-state index contributed by atoms with van der Waals surface area (Å²) in [6.07, 6.45) is 0. The standard InChI is InChI=1S/C17H19N3/c1-12(11-18)17-16(14-8-4-3-5-9-14)19-15-10-6-7-13(2)20(15)17/h3-10,12H,11,18H2,1-2H3. The van der Waals surface area contributed by atoms with Crippen molar-refractivity contribution in [2.75, 3.05) is 6.54 Å².